The van der Waals surface area contributed by atoms with E-state index in [1.54, 1.807) is 16.8 Å². The Hall–Kier alpha value is -2.87. The van der Waals surface area contributed by atoms with Crippen molar-refractivity contribution in [2.24, 2.45) is 0 Å². The molecule has 2 aromatic heterocycles. The fraction of sp³-hybridized carbons (Fsp3) is 0. The zero-order valence-corrected chi connectivity index (χ0v) is 11.2. The fourth-order valence-corrected chi connectivity index (χ4v) is 1.98. The first-order valence-corrected chi connectivity index (χ1v) is 6.13. The summed E-state index contributed by atoms with van der Waals surface area (Å²) in [5, 5.41) is 11.3. The van der Waals surface area contributed by atoms with Crippen LogP contribution in [0.5, 0.6) is 11.6 Å². The lowest BCUT2D eigenvalue weighted by Gasteiger charge is -2.07. The molecule has 106 valence electrons. The summed E-state index contributed by atoms with van der Waals surface area (Å²) in [5.74, 6) is 0.223. The van der Waals surface area contributed by atoms with E-state index in [1.165, 1.54) is 24.4 Å². The smallest absolute Gasteiger partial charge is 0.311 e. The van der Waals surface area contributed by atoms with Crippen LogP contribution in [0.15, 0.2) is 36.8 Å². The van der Waals surface area contributed by atoms with Crippen LogP contribution in [0.1, 0.15) is 0 Å². The molecule has 0 saturated heterocycles. The predicted octanol–water partition coefficient (Wildman–Crippen LogP) is 2.67. The monoisotopic (exact) mass is 305 g/mol. The third kappa shape index (κ3) is 2.43. The zero-order chi connectivity index (χ0) is 15.0. The number of ether oxygens (including phenoxy) is 1. The first-order chi connectivity index (χ1) is 10.0. The van der Waals surface area contributed by atoms with Crippen molar-refractivity contribution >= 4 is 28.8 Å². The number of nitro benzene ring substituents is 1. The number of benzene rings is 1. The Morgan fingerprint density at radius 2 is 2.24 bits per heavy atom. The van der Waals surface area contributed by atoms with Crippen LogP contribution in [0.4, 0.5) is 11.5 Å². The van der Waals surface area contributed by atoms with Gasteiger partial charge in [0.1, 0.15) is 5.82 Å². The Morgan fingerprint density at radius 1 is 1.43 bits per heavy atom. The van der Waals surface area contributed by atoms with Crippen molar-refractivity contribution < 1.29 is 9.66 Å². The number of nitrogens with zero attached hydrogens (tertiary/aromatic N) is 4. The van der Waals surface area contributed by atoms with Crippen LogP contribution in [-0.4, -0.2) is 19.3 Å². The summed E-state index contributed by atoms with van der Waals surface area (Å²) >= 11 is 5.85. The van der Waals surface area contributed by atoms with Crippen LogP contribution in [0, 0.1) is 10.1 Å². The summed E-state index contributed by atoms with van der Waals surface area (Å²) in [4.78, 5) is 18.5. The largest absolute Gasteiger partial charge is 0.428 e. The summed E-state index contributed by atoms with van der Waals surface area (Å²) in [5.41, 5.74) is 5.82. The molecule has 3 aromatic rings. The van der Waals surface area contributed by atoms with Gasteiger partial charge in [0.05, 0.1) is 11.1 Å². The highest BCUT2D eigenvalue weighted by Crippen LogP contribution is 2.34. The Labute approximate surface area is 122 Å². The van der Waals surface area contributed by atoms with Gasteiger partial charge in [0, 0.05) is 29.5 Å². The molecule has 0 unspecified atom stereocenters. The van der Waals surface area contributed by atoms with Gasteiger partial charge in [-0.05, 0) is 6.07 Å². The molecule has 0 atom stereocenters. The van der Waals surface area contributed by atoms with Crippen molar-refractivity contribution in [1.82, 2.24) is 14.4 Å². The summed E-state index contributed by atoms with van der Waals surface area (Å²) < 4.78 is 7.11. The molecular formula is C12H8ClN5O3. The Bertz CT molecular complexity index is 848. The third-order valence-corrected chi connectivity index (χ3v) is 2.92. The van der Waals surface area contributed by atoms with E-state index in [1.807, 2.05) is 0 Å². The van der Waals surface area contributed by atoms with Gasteiger partial charge in [0.25, 0.3) is 5.88 Å². The maximum absolute atomic E-state index is 11.0. The lowest BCUT2D eigenvalue weighted by molar-refractivity contribution is -0.385. The number of nitro groups is 1. The maximum atomic E-state index is 11.0. The minimum atomic E-state index is -0.569. The molecule has 0 aliphatic carbocycles. The van der Waals surface area contributed by atoms with Crippen molar-refractivity contribution in [3.05, 3.63) is 51.9 Å². The molecule has 0 saturated carbocycles. The van der Waals surface area contributed by atoms with E-state index >= 15 is 0 Å². The standard InChI is InChI=1S/C12H8ClN5O3/c13-7-1-2-8(18(19)20)9(5-7)21-12-11-15-3-4-17(11)6-10(14)16-12/h1-6H,14H2. The van der Waals surface area contributed by atoms with Crippen molar-refractivity contribution in [2.45, 2.75) is 0 Å². The summed E-state index contributed by atoms with van der Waals surface area (Å²) in [6, 6.07) is 4.00. The highest BCUT2D eigenvalue weighted by molar-refractivity contribution is 6.30. The van der Waals surface area contributed by atoms with Gasteiger partial charge in [-0.15, -0.1) is 0 Å². The second-order valence-corrected chi connectivity index (χ2v) is 4.54. The minimum absolute atomic E-state index is 0.0319. The molecule has 3 rings (SSSR count). The molecule has 0 bridgehead atoms. The Balaban J connectivity index is 2.12. The maximum Gasteiger partial charge on any atom is 0.311 e. The Kier molecular flexibility index (Phi) is 3.07. The molecule has 9 heteroatoms. The molecular weight excluding hydrogens is 298 g/mol. The van der Waals surface area contributed by atoms with E-state index in [4.69, 9.17) is 22.1 Å². The van der Waals surface area contributed by atoms with Crippen LogP contribution in [0.3, 0.4) is 0 Å². The van der Waals surface area contributed by atoms with Gasteiger partial charge in [0.15, 0.2) is 0 Å². The Morgan fingerprint density at radius 3 is 3.00 bits per heavy atom. The van der Waals surface area contributed by atoms with E-state index in [-0.39, 0.29) is 23.1 Å². The molecule has 0 fully saturated rings. The average molecular weight is 306 g/mol. The quantitative estimate of drug-likeness (QED) is 0.588. The SMILES string of the molecule is Nc1cn2ccnc2c(Oc2cc(Cl)ccc2[N+](=O)[O-])n1. The minimum Gasteiger partial charge on any atom is -0.428 e. The van der Waals surface area contributed by atoms with Crippen LogP contribution in [0.25, 0.3) is 5.65 Å². The fourth-order valence-electron chi connectivity index (χ4n) is 1.81. The number of fused-ring (bicyclic) bond motifs is 1. The van der Waals surface area contributed by atoms with Gasteiger partial charge in [-0.25, -0.2) is 4.98 Å². The molecule has 21 heavy (non-hydrogen) atoms. The zero-order valence-electron chi connectivity index (χ0n) is 10.4. The van der Waals surface area contributed by atoms with Crippen molar-refractivity contribution in [1.29, 1.82) is 0 Å². The van der Waals surface area contributed by atoms with Crippen LogP contribution >= 0.6 is 11.6 Å². The van der Waals surface area contributed by atoms with Gasteiger partial charge in [-0.3, -0.25) is 14.5 Å². The number of rotatable bonds is 3. The molecule has 0 aliphatic rings. The highest BCUT2D eigenvalue weighted by atomic mass is 35.5. The van der Waals surface area contributed by atoms with Crippen molar-refractivity contribution in [3.63, 3.8) is 0 Å². The number of hydrogen-bond acceptors (Lipinski definition) is 6. The normalized spacial score (nSPS) is 10.7. The van der Waals surface area contributed by atoms with Gasteiger partial charge in [-0.2, -0.15) is 4.98 Å². The van der Waals surface area contributed by atoms with E-state index in [0.29, 0.717) is 10.7 Å². The van der Waals surface area contributed by atoms with E-state index < -0.39 is 4.92 Å². The van der Waals surface area contributed by atoms with Gasteiger partial charge >= 0.3 is 5.69 Å². The van der Waals surface area contributed by atoms with Crippen LogP contribution in [0.2, 0.25) is 5.02 Å². The second-order valence-electron chi connectivity index (χ2n) is 4.10. The lowest BCUT2D eigenvalue weighted by atomic mass is 10.3. The third-order valence-electron chi connectivity index (χ3n) is 2.69. The van der Waals surface area contributed by atoms with Crippen molar-refractivity contribution in [3.8, 4) is 11.6 Å². The van der Waals surface area contributed by atoms with Crippen LogP contribution < -0.4 is 10.5 Å². The number of nitrogen functional groups attached to an aromatic ring is 1. The molecule has 2 N–H and O–H groups in total. The number of hydrogen-bond donors (Lipinski definition) is 1. The number of anilines is 1. The van der Waals surface area contributed by atoms with Crippen LogP contribution in [-0.2, 0) is 0 Å². The first-order valence-electron chi connectivity index (χ1n) is 5.75. The first kappa shape index (κ1) is 13.1. The molecule has 2 heterocycles. The van der Waals surface area contributed by atoms with Gasteiger partial charge < -0.3 is 10.5 Å². The highest BCUT2D eigenvalue weighted by Gasteiger charge is 2.18. The topological polar surface area (TPSA) is 109 Å². The summed E-state index contributed by atoms with van der Waals surface area (Å²) in [7, 11) is 0. The molecule has 1 aromatic carbocycles. The number of imidazole rings is 1. The van der Waals surface area contributed by atoms with E-state index in [9.17, 15) is 10.1 Å². The number of nitrogens with two attached hydrogens (primary N) is 1. The van der Waals surface area contributed by atoms with E-state index in [2.05, 4.69) is 9.97 Å². The lowest BCUT2D eigenvalue weighted by Crippen LogP contribution is -2.00. The van der Waals surface area contributed by atoms with Crippen molar-refractivity contribution in [2.75, 3.05) is 5.73 Å². The molecule has 8 nitrogen and oxygen atoms in total. The second kappa shape index (κ2) is 4.91. The molecule has 0 aliphatic heterocycles. The van der Waals surface area contributed by atoms with Gasteiger partial charge in [-0.1, -0.05) is 11.6 Å². The molecule has 0 radical (unpaired) electrons. The number of halogens is 1. The van der Waals surface area contributed by atoms with Gasteiger partial charge in [0.2, 0.25) is 11.4 Å². The molecule has 0 amide bonds. The average Bonchev–Trinajstić information content (AvgIpc) is 2.86. The van der Waals surface area contributed by atoms with E-state index in [0.717, 1.165) is 0 Å². The predicted molar refractivity (Wildman–Crippen MR) is 75.6 cm³/mol. The summed E-state index contributed by atoms with van der Waals surface area (Å²) in [6.07, 6.45) is 4.75. The number of aromatic nitrogens is 3. The summed E-state index contributed by atoms with van der Waals surface area (Å²) in [6.45, 7) is 0. The molecule has 0 spiro atoms.